The molecule has 3 saturated carbocycles. The van der Waals surface area contributed by atoms with E-state index in [1.807, 2.05) is 0 Å². The van der Waals surface area contributed by atoms with E-state index >= 15 is 0 Å². The Kier molecular flexibility index (Phi) is 6.45. The number of hydrogen-bond donors (Lipinski definition) is 0. The number of carbonyl (C=O) groups excluding carboxylic acids is 2. The van der Waals surface area contributed by atoms with Gasteiger partial charge in [0.05, 0.1) is 0 Å². The predicted octanol–water partition coefficient (Wildman–Crippen LogP) is 6.89. The lowest BCUT2D eigenvalue weighted by atomic mass is 9.47. The molecule has 0 aromatic carbocycles. The Bertz CT molecular complexity index is 737. The summed E-state index contributed by atoms with van der Waals surface area (Å²) in [5.74, 6) is 3.56. The normalized spacial score (nSPS) is 41.7. The molecule has 0 unspecified atom stereocenters. The molecule has 4 aliphatic rings. The van der Waals surface area contributed by atoms with E-state index in [1.54, 1.807) is 5.57 Å². The van der Waals surface area contributed by atoms with E-state index in [2.05, 4.69) is 33.8 Å². The number of fused-ring (bicyclic) bond motifs is 5. The third kappa shape index (κ3) is 4.15. The molecule has 0 aromatic heterocycles. The molecule has 7 atom stereocenters. The molecular formula is C28H44O3. The number of allylic oxidation sites excluding steroid dienone is 1. The van der Waals surface area contributed by atoms with Crippen molar-refractivity contribution in [1.82, 2.24) is 0 Å². The van der Waals surface area contributed by atoms with Gasteiger partial charge < -0.3 is 4.74 Å². The number of ether oxygens (including phenoxy) is 1. The van der Waals surface area contributed by atoms with Crippen molar-refractivity contribution in [1.29, 1.82) is 0 Å². The van der Waals surface area contributed by atoms with E-state index in [9.17, 15) is 9.59 Å². The summed E-state index contributed by atoms with van der Waals surface area (Å²) in [6.07, 6.45) is 14.7. The SMILES string of the molecule is CC(=O)O[C@H]1CC[C@@]2(C)C(=CC[C@H]3[C@@H]4CC[C@H](C(=O)CCCC(C)C)[C@@]4(C)CC[C@@H]32)C1. The number of ketones is 1. The Labute approximate surface area is 189 Å². The molecule has 0 bridgehead atoms. The lowest BCUT2D eigenvalue weighted by Crippen LogP contribution is -2.51. The van der Waals surface area contributed by atoms with Gasteiger partial charge in [-0.3, -0.25) is 9.59 Å². The van der Waals surface area contributed by atoms with Gasteiger partial charge >= 0.3 is 5.97 Å². The quantitative estimate of drug-likeness (QED) is 0.342. The molecule has 0 saturated heterocycles. The number of rotatable bonds is 6. The summed E-state index contributed by atoms with van der Waals surface area (Å²) in [6.45, 7) is 11.0. The molecule has 0 N–H and O–H groups in total. The number of carbonyl (C=O) groups is 2. The molecule has 3 fully saturated rings. The fraction of sp³-hybridized carbons (Fsp3) is 0.857. The topological polar surface area (TPSA) is 43.4 Å². The predicted molar refractivity (Wildman–Crippen MR) is 124 cm³/mol. The van der Waals surface area contributed by atoms with Crippen molar-refractivity contribution >= 4 is 11.8 Å². The Balaban J connectivity index is 1.47. The molecule has 4 rings (SSSR count). The summed E-state index contributed by atoms with van der Waals surface area (Å²) in [6, 6.07) is 0. The molecule has 31 heavy (non-hydrogen) atoms. The highest BCUT2D eigenvalue weighted by atomic mass is 16.5. The fourth-order valence-corrected chi connectivity index (χ4v) is 8.35. The van der Waals surface area contributed by atoms with Crippen LogP contribution in [0.15, 0.2) is 11.6 Å². The summed E-state index contributed by atoms with van der Waals surface area (Å²) in [4.78, 5) is 24.7. The van der Waals surface area contributed by atoms with Crippen LogP contribution in [-0.4, -0.2) is 17.9 Å². The summed E-state index contributed by atoms with van der Waals surface area (Å²) < 4.78 is 5.58. The van der Waals surface area contributed by atoms with Gasteiger partial charge in [-0.2, -0.15) is 0 Å². The monoisotopic (exact) mass is 428 g/mol. The smallest absolute Gasteiger partial charge is 0.302 e. The minimum Gasteiger partial charge on any atom is -0.462 e. The zero-order valence-corrected chi connectivity index (χ0v) is 20.5. The van der Waals surface area contributed by atoms with Crippen molar-refractivity contribution in [2.45, 2.75) is 111 Å². The number of Topliss-reactive ketones (excluding diaryl/α,β-unsaturated/α-hetero) is 1. The van der Waals surface area contributed by atoms with E-state index in [4.69, 9.17) is 4.74 Å². The Morgan fingerprint density at radius 2 is 1.87 bits per heavy atom. The molecular weight excluding hydrogens is 384 g/mol. The van der Waals surface area contributed by atoms with Crippen molar-refractivity contribution in [3.63, 3.8) is 0 Å². The average Bonchev–Trinajstić information content (AvgIpc) is 3.05. The average molecular weight is 429 g/mol. The molecule has 4 aliphatic carbocycles. The highest BCUT2D eigenvalue weighted by Crippen LogP contribution is 2.66. The lowest BCUT2D eigenvalue weighted by molar-refractivity contribution is -0.149. The highest BCUT2D eigenvalue weighted by molar-refractivity contribution is 5.82. The molecule has 3 heteroatoms. The van der Waals surface area contributed by atoms with Gasteiger partial charge in [-0.25, -0.2) is 0 Å². The van der Waals surface area contributed by atoms with Crippen molar-refractivity contribution in [3.05, 3.63) is 11.6 Å². The maximum absolute atomic E-state index is 13.2. The van der Waals surface area contributed by atoms with Crippen LogP contribution in [-0.2, 0) is 14.3 Å². The fourth-order valence-electron chi connectivity index (χ4n) is 8.35. The zero-order chi connectivity index (χ0) is 22.4. The van der Waals surface area contributed by atoms with Crippen molar-refractivity contribution in [3.8, 4) is 0 Å². The van der Waals surface area contributed by atoms with Crippen LogP contribution >= 0.6 is 0 Å². The van der Waals surface area contributed by atoms with Gasteiger partial charge in [-0.05, 0) is 85.9 Å². The highest BCUT2D eigenvalue weighted by Gasteiger charge is 2.59. The van der Waals surface area contributed by atoms with Crippen LogP contribution in [0, 0.1) is 40.4 Å². The second kappa shape index (κ2) is 8.67. The van der Waals surface area contributed by atoms with E-state index in [0.29, 0.717) is 23.5 Å². The minimum absolute atomic E-state index is 0.0709. The number of hydrogen-bond acceptors (Lipinski definition) is 3. The van der Waals surface area contributed by atoms with Crippen LogP contribution in [0.3, 0.4) is 0 Å². The van der Waals surface area contributed by atoms with Gasteiger partial charge in [-0.1, -0.05) is 45.8 Å². The third-order valence-electron chi connectivity index (χ3n) is 9.98. The number of esters is 1. The first-order chi connectivity index (χ1) is 14.6. The molecule has 3 nitrogen and oxygen atoms in total. The van der Waals surface area contributed by atoms with Gasteiger partial charge in [0.25, 0.3) is 0 Å². The molecule has 174 valence electrons. The molecule has 0 radical (unpaired) electrons. The van der Waals surface area contributed by atoms with Gasteiger partial charge in [0.15, 0.2) is 0 Å². The third-order valence-corrected chi connectivity index (χ3v) is 9.98. The van der Waals surface area contributed by atoms with Gasteiger partial charge in [0.1, 0.15) is 11.9 Å². The molecule has 0 heterocycles. The first-order valence-electron chi connectivity index (χ1n) is 13.0. The summed E-state index contributed by atoms with van der Waals surface area (Å²) in [5.41, 5.74) is 2.03. The van der Waals surface area contributed by atoms with Gasteiger partial charge in [0.2, 0.25) is 0 Å². The molecule has 0 aromatic rings. The van der Waals surface area contributed by atoms with Crippen molar-refractivity contribution < 1.29 is 14.3 Å². The zero-order valence-electron chi connectivity index (χ0n) is 20.5. The maximum atomic E-state index is 13.2. The Hall–Kier alpha value is -1.12. The van der Waals surface area contributed by atoms with Crippen molar-refractivity contribution in [2.75, 3.05) is 0 Å². The summed E-state index contributed by atoms with van der Waals surface area (Å²) >= 11 is 0. The van der Waals surface area contributed by atoms with Crippen LogP contribution in [0.5, 0.6) is 0 Å². The Morgan fingerprint density at radius 3 is 2.58 bits per heavy atom. The van der Waals surface area contributed by atoms with Crippen LogP contribution in [0.25, 0.3) is 0 Å². The van der Waals surface area contributed by atoms with Crippen molar-refractivity contribution in [2.24, 2.45) is 40.4 Å². The van der Waals surface area contributed by atoms with Gasteiger partial charge in [-0.15, -0.1) is 0 Å². The largest absolute Gasteiger partial charge is 0.462 e. The van der Waals surface area contributed by atoms with Crippen LogP contribution in [0.1, 0.15) is 105 Å². The van der Waals surface area contributed by atoms with Gasteiger partial charge in [0, 0.05) is 25.7 Å². The van der Waals surface area contributed by atoms with E-state index in [0.717, 1.165) is 56.8 Å². The van der Waals surface area contributed by atoms with E-state index < -0.39 is 0 Å². The van der Waals surface area contributed by atoms with E-state index in [-0.39, 0.29) is 22.9 Å². The van der Waals surface area contributed by atoms with E-state index in [1.165, 1.54) is 32.6 Å². The summed E-state index contributed by atoms with van der Waals surface area (Å²) in [5, 5.41) is 0. The first-order valence-corrected chi connectivity index (χ1v) is 13.0. The first kappa shape index (κ1) is 23.1. The maximum Gasteiger partial charge on any atom is 0.302 e. The second-order valence-corrected chi connectivity index (χ2v) is 12.2. The standard InChI is InChI=1S/C28H44O3/c1-18(2)7-6-8-26(30)25-12-11-23-22-10-9-20-17-21(31-19(3)29)13-15-27(20,4)24(22)14-16-28(23,25)5/h9,18,21-25H,6-8,10-17H2,1-5H3/t21-,22-,23-,24-,25+,27-,28-/m0/s1. The molecule has 0 amide bonds. The van der Waals surface area contributed by atoms with Crippen LogP contribution < -0.4 is 0 Å². The van der Waals surface area contributed by atoms with Crippen LogP contribution in [0.2, 0.25) is 0 Å². The Morgan fingerprint density at radius 1 is 1.10 bits per heavy atom. The van der Waals surface area contributed by atoms with Crippen LogP contribution in [0.4, 0.5) is 0 Å². The second-order valence-electron chi connectivity index (χ2n) is 12.2. The molecule has 0 aliphatic heterocycles. The lowest BCUT2D eigenvalue weighted by Gasteiger charge is -2.58. The minimum atomic E-state index is -0.147. The summed E-state index contributed by atoms with van der Waals surface area (Å²) in [7, 11) is 0. The molecule has 0 spiro atoms.